The van der Waals surface area contributed by atoms with Crippen molar-refractivity contribution in [3.05, 3.63) is 69.1 Å². The minimum atomic E-state index is -3.46. The summed E-state index contributed by atoms with van der Waals surface area (Å²) in [5, 5.41) is -0.356. The lowest BCUT2D eigenvalue weighted by Gasteiger charge is -2.20. The van der Waals surface area contributed by atoms with E-state index < -0.39 is 26.6 Å². The van der Waals surface area contributed by atoms with E-state index in [0.29, 0.717) is 10.6 Å². The van der Waals surface area contributed by atoms with Crippen LogP contribution in [-0.2, 0) is 16.9 Å². The van der Waals surface area contributed by atoms with Crippen molar-refractivity contribution in [2.45, 2.75) is 11.7 Å². The summed E-state index contributed by atoms with van der Waals surface area (Å²) >= 11 is 6.18. The number of hydrogen-bond acceptors (Lipinski definition) is 4. The summed E-state index contributed by atoms with van der Waals surface area (Å²) < 4.78 is 26.8. The third-order valence-electron chi connectivity index (χ3n) is 4.63. The van der Waals surface area contributed by atoms with Crippen molar-refractivity contribution in [1.29, 1.82) is 0 Å². The number of hydrogen-bond donors (Lipinski definition) is 0. The van der Waals surface area contributed by atoms with Gasteiger partial charge in [0.2, 0.25) is 0 Å². The molecule has 2 heterocycles. The molecule has 0 aliphatic carbocycles. The topological polar surface area (TPSA) is 76.5 Å². The van der Waals surface area contributed by atoms with Gasteiger partial charge in [-0.15, -0.1) is 0 Å². The smallest absolute Gasteiger partial charge is 0.263 e. The highest BCUT2D eigenvalue weighted by molar-refractivity contribution is 7.91. The molecule has 0 spiro atoms. The van der Waals surface area contributed by atoms with Crippen molar-refractivity contribution < 1.29 is 13.2 Å². The van der Waals surface area contributed by atoms with Gasteiger partial charge in [-0.25, -0.2) is 8.42 Å². The Morgan fingerprint density at radius 3 is 2.62 bits per heavy atom. The number of amides is 1. The number of carbonyl (C=O) groups excluding carboxylic acids is 1. The molecule has 1 amide bonds. The Bertz CT molecular complexity index is 1000. The number of aryl methyl sites for hydroxylation is 1. The summed E-state index contributed by atoms with van der Waals surface area (Å²) in [5.41, 5.74) is 0.204. The molecule has 6 nitrogen and oxygen atoms in total. The second kappa shape index (κ2) is 7.25. The molecular weight excluding hydrogens is 376 g/mol. The average Bonchev–Trinajstić information content (AvgIpc) is 2.76. The Hall–Kier alpha value is -2.12. The van der Waals surface area contributed by atoms with Crippen LogP contribution < -0.4 is 5.56 Å². The highest BCUT2D eigenvalue weighted by Gasteiger charge is 2.34. The van der Waals surface area contributed by atoms with Gasteiger partial charge >= 0.3 is 0 Å². The Balaban J connectivity index is 1.89. The van der Waals surface area contributed by atoms with Crippen molar-refractivity contribution in [2.75, 3.05) is 18.8 Å². The van der Waals surface area contributed by atoms with E-state index in [2.05, 4.69) is 0 Å². The first-order valence-electron chi connectivity index (χ1n) is 8.22. The van der Waals surface area contributed by atoms with Crippen LogP contribution in [0, 0.1) is 0 Å². The molecule has 1 saturated heterocycles. The van der Waals surface area contributed by atoms with Crippen molar-refractivity contribution in [2.24, 2.45) is 7.05 Å². The van der Waals surface area contributed by atoms with Crippen molar-refractivity contribution >= 4 is 27.3 Å². The van der Waals surface area contributed by atoms with Gasteiger partial charge in [-0.05, 0) is 30.2 Å². The van der Waals surface area contributed by atoms with E-state index in [-0.39, 0.29) is 30.8 Å². The van der Waals surface area contributed by atoms with Crippen LogP contribution in [0.5, 0.6) is 0 Å². The van der Waals surface area contributed by atoms with Gasteiger partial charge < -0.3 is 9.47 Å². The number of nitrogens with zero attached hydrogens (tertiary/aromatic N) is 2. The number of benzene rings is 1. The van der Waals surface area contributed by atoms with E-state index in [9.17, 15) is 18.0 Å². The lowest BCUT2D eigenvalue weighted by Crippen LogP contribution is -2.37. The van der Waals surface area contributed by atoms with Crippen LogP contribution in [0.15, 0.2) is 47.4 Å². The van der Waals surface area contributed by atoms with E-state index in [1.165, 1.54) is 15.5 Å². The van der Waals surface area contributed by atoms with Crippen molar-refractivity contribution in [1.82, 2.24) is 9.47 Å². The standard InChI is InChI=1S/C18H19ClN2O4S/c1-20-9-4-6-14(17(20)22)18(23)21-10-8-16(26(24,25)12-11-21)13-5-2-3-7-15(13)19/h2-7,9,16H,8,10-12H2,1H3/t16-/m0/s1. The van der Waals surface area contributed by atoms with E-state index in [4.69, 9.17) is 11.6 Å². The van der Waals surface area contributed by atoms with Gasteiger partial charge in [-0.2, -0.15) is 0 Å². The molecule has 0 radical (unpaired) electrons. The molecule has 0 saturated carbocycles. The summed E-state index contributed by atoms with van der Waals surface area (Å²) in [6.07, 6.45) is 1.81. The Kier molecular flexibility index (Phi) is 5.20. The molecule has 0 bridgehead atoms. The second-order valence-electron chi connectivity index (χ2n) is 6.30. The van der Waals surface area contributed by atoms with Crippen molar-refractivity contribution in [3.8, 4) is 0 Å². The molecule has 1 aromatic carbocycles. The van der Waals surface area contributed by atoms with Gasteiger partial charge in [0, 0.05) is 31.4 Å². The molecular formula is C18H19ClN2O4S. The Morgan fingerprint density at radius 2 is 1.88 bits per heavy atom. The molecule has 1 aromatic heterocycles. The lowest BCUT2D eigenvalue weighted by atomic mass is 10.1. The molecule has 1 fully saturated rings. The maximum Gasteiger partial charge on any atom is 0.263 e. The third-order valence-corrected chi connectivity index (χ3v) is 7.09. The quantitative estimate of drug-likeness (QED) is 0.781. The fourth-order valence-corrected chi connectivity index (χ4v) is 5.31. The molecule has 0 N–H and O–H groups in total. The average molecular weight is 395 g/mol. The van der Waals surface area contributed by atoms with E-state index >= 15 is 0 Å². The minimum absolute atomic E-state index is 0.0450. The lowest BCUT2D eigenvalue weighted by molar-refractivity contribution is 0.0764. The van der Waals surface area contributed by atoms with Gasteiger partial charge in [0.25, 0.3) is 11.5 Å². The Morgan fingerprint density at radius 1 is 1.15 bits per heavy atom. The first-order chi connectivity index (χ1) is 12.3. The third kappa shape index (κ3) is 3.54. The fraction of sp³-hybridized carbons (Fsp3) is 0.333. The summed E-state index contributed by atoms with van der Waals surface area (Å²) in [6.45, 7) is 0.298. The molecule has 2 aromatic rings. The predicted octanol–water partition coefficient (Wildman–Crippen LogP) is 2.04. The highest BCUT2D eigenvalue weighted by atomic mass is 35.5. The number of aromatic nitrogens is 1. The van der Waals surface area contributed by atoms with Crippen LogP contribution in [0.25, 0.3) is 0 Å². The molecule has 1 aliphatic rings. The van der Waals surface area contributed by atoms with Crippen LogP contribution in [-0.4, -0.2) is 42.6 Å². The monoisotopic (exact) mass is 394 g/mol. The summed E-state index contributed by atoms with van der Waals surface area (Å²) in [6, 6.07) is 9.95. The normalized spacial score (nSPS) is 19.8. The first-order valence-corrected chi connectivity index (χ1v) is 10.3. The number of rotatable bonds is 2. The predicted molar refractivity (Wildman–Crippen MR) is 100 cm³/mol. The van der Waals surface area contributed by atoms with E-state index in [0.717, 1.165) is 0 Å². The minimum Gasteiger partial charge on any atom is -0.337 e. The molecule has 3 rings (SSSR count). The molecule has 0 unspecified atom stereocenters. The van der Waals surface area contributed by atoms with Gasteiger partial charge in [0.05, 0.1) is 11.0 Å². The summed E-state index contributed by atoms with van der Waals surface area (Å²) in [7, 11) is -1.90. The van der Waals surface area contributed by atoms with Gasteiger partial charge in [-0.1, -0.05) is 29.8 Å². The van der Waals surface area contributed by atoms with Crippen LogP contribution in [0.3, 0.4) is 0 Å². The van der Waals surface area contributed by atoms with Gasteiger partial charge in [0.15, 0.2) is 9.84 Å². The van der Waals surface area contributed by atoms with Crippen LogP contribution >= 0.6 is 11.6 Å². The number of sulfone groups is 1. The zero-order chi connectivity index (χ0) is 18.9. The molecule has 8 heteroatoms. The molecule has 1 atom stereocenters. The fourth-order valence-electron chi connectivity index (χ4n) is 3.16. The highest BCUT2D eigenvalue weighted by Crippen LogP contribution is 2.33. The van der Waals surface area contributed by atoms with Crippen LogP contribution in [0.2, 0.25) is 5.02 Å². The zero-order valence-corrected chi connectivity index (χ0v) is 15.8. The largest absolute Gasteiger partial charge is 0.337 e. The van der Waals surface area contributed by atoms with Gasteiger partial charge in [0.1, 0.15) is 5.56 Å². The summed E-state index contributed by atoms with van der Waals surface area (Å²) in [5.74, 6) is -0.608. The first kappa shape index (κ1) is 18.7. The van der Waals surface area contributed by atoms with Crippen LogP contribution in [0.1, 0.15) is 27.6 Å². The van der Waals surface area contributed by atoms with Crippen molar-refractivity contribution in [3.63, 3.8) is 0 Å². The number of halogens is 1. The van der Waals surface area contributed by atoms with Crippen LogP contribution in [0.4, 0.5) is 0 Å². The molecule has 138 valence electrons. The zero-order valence-electron chi connectivity index (χ0n) is 14.3. The maximum absolute atomic E-state index is 12.7. The van der Waals surface area contributed by atoms with Gasteiger partial charge in [-0.3, -0.25) is 9.59 Å². The van der Waals surface area contributed by atoms with E-state index in [1.807, 2.05) is 0 Å². The maximum atomic E-state index is 12.7. The molecule has 1 aliphatic heterocycles. The number of pyridine rings is 1. The second-order valence-corrected chi connectivity index (χ2v) is 9.01. The summed E-state index contributed by atoms with van der Waals surface area (Å²) in [4.78, 5) is 26.4. The Labute approximate surface area is 156 Å². The van der Waals surface area contributed by atoms with E-state index in [1.54, 1.807) is 43.6 Å². The molecule has 26 heavy (non-hydrogen) atoms. The SMILES string of the molecule is Cn1cccc(C(=O)N2CC[C@@H](c3ccccc3Cl)S(=O)(=O)CC2)c1=O. The number of carbonyl (C=O) groups is 1.